The van der Waals surface area contributed by atoms with E-state index in [-0.39, 0.29) is 5.41 Å². The number of benzene rings is 6. The zero-order chi connectivity index (χ0) is 27.6. The molecule has 0 bridgehead atoms. The highest BCUT2D eigenvalue weighted by Crippen LogP contribution is 2.59. The van der Waals surface area contributed by atoms with Gasteiger partial charge in [0, 0.05) is 16.5 Å². The van der Waals surface area contributed by atoms with Gasteiger partial charge in [0.1, 0.15) is 11.5 Å². The van der Waals surface area contributed by atoms with Crippen LogP contribution in [-0.4, -0.2) is 0 Å². The molecular formula is C40H30O. The Labute approximate surface area is 241 Å². The Morgan fingerprint density at radius 3 is 1.44 bits per heavy atom. The highest BCUT2D eigenvalue weighted by Gasteiger charge is 2.47. The highest BCUT2D eigenvalue weighted by molar-refractivity contribution is 5.89. The first-order valence-electron chi connectivity index (χ1n) is 14.4. The van der Waals surface area contributed by atoms with Crippen LogP contribution < -0.4 is 4.74 Å². The Morgan fingerprint density at radius 1 is 0.390 bits per heavy atom. The van der Waals surface area contributed by atoms with Crippen LogP contribution in [0.2, 0.25) is 0 Å². The minimum absolute atomic E-state index is 0.237. The van der Waals surface area contributed by atoms with E-state index >= 15 is 0 Å². The van der Waals surface area contributed by atoms with Crippen LogP contribution in [0, 0.1) is 0 Å². The summed E-state index contributed by atoms with van der Waals surface area (Å²) in [7, 11) is 0. The third-order valence-electron chi connectivity index (χ3n) is 9.21. The molecule has 0 N–H and O–H groups in total. The second-order valence-electron chi connectivity index (χ2n) is 11.7. The number of rotatable bonds is 3. The summed E-state index contributed by atoms with van der Waals surface area (Å²) in [6.07, 6.45) is 0. The molecule has 6 aromatic rings. The fraction of sp³-hybridized carbons (Fsp3) is 0.100. The summed E-state index contributed by atoms with van der Waals surface area (Å²) >= 11 is 0. The molecule has 2 aliphatic rings. The monoisotopic (exact) mass is 526 g/mol. The predicted octanol–water partition coefficient (Wildman–Crippen LogP) is 10.1. The van der Waals surface area contributed by atoms with E-state index in [1.54, 1.807) is 0 Å². The molecule has 1 aliphatic carbocycles. The van der Waals surface area contributed by atoms with Crippen molar-refractivity contribution in [3.63, 3.8) is 0 Å². The zero-order valence-electron chi connectivity index (χ0n) is 23.3. The minimum atomic E-state index is -0.467. The number of hydrogen-bond donors (Lipinski definition) is 0. The molecular weight excluding hydrogens is 496 g/mol. The Bertz CT molecular complexity index is 1900. The Kier molecular flexibility index (Phi) is 5.15. The molecule has 1 heteroatoms. The second kappa shape index (κ2) is 8.81. The lowest BCUT2D eigenvalue weighted by Gasteiger charge is -2.38. The van der Waals surface area contributed by atoms with Crippen molar-refractivity contribution in [2.45, 2.75) is 24.7 Å². The third kappa shape index (κ3) is 3.24. The quantitative estimate of drug-likeness (QED) is 0.223. The van der Waals surface area contributed by atoms with Crippen LogP contribution in [0.1, 0.15) is 47.2 Å². The van der Waals surface area contributed by atoms with Gasteiger partial charge in [-0.05, 0) is 56.6 Å². The normalized spacial score (nSPS) is 15.2. The molecule has 196 valence electrons. The third-order valence-corrected chi connectivity index (χ3v) is 9.21. The summed E-state index contributed by atoms with van der Waals surface area (Å²) in [5.74, 6) is 1.87. The van der Waals surface area contributed by atoms with Crippen LogP contribution in [0.25, 0.3) is 22.3 Å². The van der Waals surface area contributed by atoms with E-state index in [0.717, 1.165) is 11.5 Å². The van der Waals surface area contributed by atoms with Gasteiger partial charge in [-0.25, -0.2) is 0 Å². The number of fused-ring (bicyclic) bond motifs is 5. The van der Waals surface area contributed by atoms with Gasteiger partial charge >= 0.3 is 0 Å². The average molecular weight is 527 g/mol. The molecule has 8 rings (SSSR count). The SMILES string of the molecule is CC1(C)c2ccccc2Oc2cccc(-c3ccccc3C3(c4ccccc4)c4ccccc4-c4ccccc43)c21. The fourth-order valence-electron chi connectivity index (χ4n) is 7.54. The van der Waals surface area contributed by atoms with Gasteiger partial charge in [-0.15, -0.1) is 0 Å². The van der Waals surface area contributed by atoms with Gasteiger partial charge in [-0.3, -0.25) is 0 Å². The topological polar surface area (TPSA) is 9.23 Å². The van der Waals surface area contributed by atoms with Crippen molar-refractivity contribution in [3.8, 4) is 33.8 Å². The van der Waals surface area contributed by atoms with E-state index in [4.69, 9.17) is 4.74 Å². The van der Waals surface area contributed by atoms with Gasteiger partial charge in [-0.2, -0.15) is 0 Å². The maximum absolute atomic E-state index is 6.56. The van der Waals surface area contributed by atoms with Crippen molar-refractivity contribution in [3.05, 3.63) is 179 Å². The van der Waals surface area contributed by atoms with E-state index in [2.05, 4.69) is 159 Å². The fourth-order valence-corrected chi connectivity index (χ4v) is 7.54. The smallest absolute Gasteiger partial charge is 0.132 e. The van der Waals surface area contributed by atoms with Crippen LogP contribution in [0.4, 0.5) is 0 Å². The Hall–Kier alpha value is -4.88. The highest BCUT2D eigenvalue weighted by atomic mass is 16.5. The van der Waals surface area contributed by atoms with E-state index in [1.807, 2.05) is 0 Å². The van der Waals surface area contributed by atoms with Crippen LogP contribution in [0.3, 0.4) is 0 Å². The molecule has 1 nitrogen and oxygen atoms in total. The standard InChI is InChI=1S/C40H30O/c1-39(2)35-24-12-13-25-36(35)41-37-26-14-20-31(38(37)39)30-19-8-11-23-34(30)40(27-15-4-3-5-16-27)32-21-9-6-17-28(32)29-18-7-10-22-33(29)40/h3-26H,1-2H3. The maximum Gasteiger partial charge on any atom is 0.132 e. The van der Waals surface area contributed by atoms with Crippen molar-refractivity contribution < 1.29 is 4.74 Å². The van der Waals surface area contributed by atoms with Gasteiger partial charge in [0.25, 0.3) is 0 Å². The second-order valence-corrected chi connectivity index (χ2v) is 11.7. The summed E-state index contributed by atoms with van der Waals surface area (Å²) in [5, 5.41) is 0. The molecule has 0 unspecified atom stereocenters. The first-order chi connectivity index (χ1) is 20.1. The van der Waals surface area contributed by atoms with Crippen molar-refractivity contribution in [2.75, 3.05) is 0 Å². The molecule has 0 aromatic heterocycles. The molecule has 0 spiro atoms. The number of para-hydroxylation sites is 1. The summed E-state index contributed by atoms with van der Waals surface area (Å²) < 4.78 is 6.56. The van der Waals surface area contributed by atoms with E-state index < -0.39 is 5.41 Å². The molecule has 1 heterocycles. The minimum Gasteiger partial charge on any atom is -0.457 e. The van der Waals surface area contributed by atoms with Gasteiger partial charge in [0.05, 0.1) is 5.41 Å². The molecule has 0 atom stereocenters. The molecule has 0 saturated carbocycles. The zero-order valence-corrected chi connectivity index (χ0v) is 23.3. The first-order valence-corrected chi connectivity index (χ1v) is 14.4. The Morgan fingerprint density at radius 2 is 0.829 bits per heavy atom. The van der Waals surface area contributed by atoms with Crippen molar-refractivity contribution in [1.29, 1.82) is 0 Å². The number of hydrogen-bond acceptors (Lipinski definition) is 1. The molecule has 1 aliphatic heterocycles. The van der Waals surface area contributed by atoms with Gasteiger partial charge in [0.15, 0.2) is 0 Å². The lowest BCUT2D eigenvalue weighted by Crippen LogP contribution is -2.30. The van der Waals surface area contributed by atoms with E-state index in [1.165, 1.54) is 55.6 Å². The van der Waals surface area contributed by atoms with Crippen LogP contribution in [0.5, 0.6) is 11.5 Å². The molecule has 41 heavy (non-hydrogen) atoms. The lowest BCUT2D eigenvalue weighted by atomic mass is 9.65. The lowest BCUT2D eigenvalue weighted by molar-refractivity contribution is 0.419. The van der Waals surface area contributed by atoms with E-state index in [9.17, 15) is 0 Å². The molecule has 0 radical (unpaired) electrons. The predicted molar refractivity (Wildman–Crippen MR) is 168 cm³/mol. The summed E-state index contributed by atoms with van der Waals surface area (Å²) in [5.41, 5.74) is 12.0. The summed E-state index contributed by atoms with van der Waals surface area (Å²) in [4.78, 5) is 0. The van der Waals surface area contributed by atoms with Crippen molar-refractivity contribution in [1.82, 2.24) is 0 Å². The van der Waals surface area contributed by atoms with Gasteiger partial charge in [-0.1, -0.05) is 147 Å². The maximum atomic E-state index is 6.56. The molecule has 0 amide bonds. The van der Waals surface area contributed by atoms with Crippen LogP contribution in [0.15, 0.2) is 146 Å². The van der Waals surface area contributed by atoms with E-state index in [0.29, 0.717) is 0 Å². The van der Waals surface area contributed by atoms with Crippen molar-refractivity contribution >= 4 is 0 Å². The summed E-state index contributed by atoms with van der Waals surface area (Å²) in [6.45, 7) is 4.65. The van der Waals surface area contributed by atoms with Gasteiger partial charge < -0.3 is 4.74 Å². The largest absolute Gasteiger partial charge is 0.457 e. The number of ether oxygens (including phenoxy) is 1. The average Bonchev–Trinajstić information content (AvgIpc) is 3.32. The van der Waals surface area contributed by atoms with Crippen LogP contribution in [-0.2, 0) is 10.8 Å². The summed E-state index contributed by atoms with van der Waals surface area (Å²) in [6, 6.07) is 52.9. The molecule has 0 saturated heterocycles. The van der Waals surface area contributed by atoms with Gasteiger partial charge in [0.2, 0.25) is 0 Å². The Balaban J connectivity index is 1.48. The molecule has 6 aromatic carbocycles. The van der Waals surface area contributed by atoms with Crippen molar-refractivity contribution in [2.24, 2.45) is 0 Å². The molecule has 0 fully saturated rings. The van der Waals surface area contributed by atoms with Crippen LogP contribution >= 0.6 is 0 Å². The first kappa shape index (κ1) is 24.0.